The first-order valence-electron chi connectivity index (χ1n) is 6.63. The van der Waals surface area contributed by atoms with Gasteiger partial charge in [-0.2, -0.15) is 0 Å². The van der Waals surface area contributed by atoms with E-state index in [1.165, 1.54) is 0 Å². The Kier molecular flexibility index (Phi) is 5.61. The number of halogens is 1. The summed E-state index contributed by atoms with van der Waals surface area (Å²) in [5.74, 6) is -0.259. The van der Waals surface area contributed by atoms with Crippen molar-refractivity contribution in [2.24, 2.45) is 10.9 Å². The molecule has 116 valence electrons. The molecule has 0 saturated heterocycles. The molecule has 6 heteroatoms. The van der Waals surface area contributed by atoms with E-state index in [0.717, 1.165) is 11.1 Å². The maximum Gasteiger partial charge on any atom is 0.306 e. The van der Waals surface area contributed by atoms with Gasteiger partial charge in [-0.15, -0.1) is 0 Å². The van der Waals surface area contributed by atoms with Crippen LogP contribution < -0.4 is 5.73 Å². The van der Waals surface area contributed by atoms with Gasteiger partial charge in [-0.05, 0) is 51.3 Å². The summed E-state index contributed by atoms with van der Waals surface area (Å²) >= 11 is 6.17. The van der Waals surface area contributed by atoms with Crippen LogP contribution in [-0.4, -0.2) is 22.6 Å². The molecule has 5 nitrogen and oxygen atoms in total. The molecule has 21 heavy (non-hydrogen) atoms. The maximum atomic E-state index is 11.7. The Balaban J connectivity index is 2.82. The van der Waals surface area contributed by atoms with Crippen molar-refractivity contribution in [3.05, 3.63) is 33.8 Å². The summed E-state index contributed by atoms with van der Waals surface area (Å²) in [4.78, 5) is 11.7. The lowest BCUT2D eigenvalue weighted by Crippen LogP contribution is -2.24. The molecule has 0 aliphatic heterocycles. The molecule has 0 radical (unpaired) electrons. The summed E-state index contributed by atoms with van der Waals surface area (Å²) in [6.07, 6.45) is 0.727. The second-order valence-electron chi connectivity index (χ2n) is 5.83. The van der Waals surface area contributed by atoms with Crippen molar-refractivity contribution in [1.82, 2.24) is 0 Å². The van der Waals surface area contributed by atoms with Crippen molar-refractivity contribution in [2.45, 2.75) is 46.1 Å². The highest BCUT2D eigenvalue weighted by Gasteiger charge is 2.17. The zero-order chi connectivity index (χ0) is 16.2. The van der Waals surface area contributed by atoms with Crippen molar-refractivity contribution >= 4 is 23.4 Å². The van der Waals surface area contributed by atoms with Gasteiger partial charge in [-0.1, -0.05) is 22.8 Å². The normalized spacial score (nSPS) is 12.3. The van der Waals surface area contributed by atoms with Crippen molar-refractivity contribution in [1.29, 1.82) is 0 Å². The van der Waals surface area contributed by atoms with Gasteiger partial charge in [0, 0.05) is 17.0 Å². The van der Waals surface area contributed by atoms with Gasteiger partial charge in [0.25, 0.3) is 0 Å². The van der Waals surface area contributed by atoms with Gasteiger partial charge in [0.15, 0.2) is 5.84 Å². The lowest BCUT2D eigenvalue weighted by Gasteiger charge is -2.19. The first-order chi connectivity index (χ1) is 9.64. The molecule has 1 rings (SSSR count). The smallest absolute Gasteiger partial charge is 0.306 e. The number of ether oxygens (including phenoxy) is 1. The second kappa shape index (κ2) is 6.80. The number of hydrogen-bond acceptors (Lipinski definition) is 4. The van der Waals surface area contributed by atoms with Crippen molar-refractivity contribution in [2.75, 3.05) is 0 Å². The van der Waals surface area contributed by atoms with Gasteiger partial charge in [-0.3, -0.25) is 4.79 Å². The Morgan fingerprint density at radius 1 is 1.43 bits per heavy atom. The molecule has 0 amide bonds. The van der Waals surface area contributed by atoms with Crippen molar-refractivity contribution in [3.63, 3.8) is 0 Å². The molecule has 0 saturated carbocycles. The van der Waals surface area contributed by atoms with E-state index in [-0.39, 0.29) is 18.2 Å². The number of carbonyl (C=O) groups is 1. The Morgan fingerprint density at radius 2 is 2.05 bits per heavy atom. The zero-order valence-corrected chi connectivity index (χ0v) is 13.5. The molecule has 0 heterocycles. The van der Waals surface area contributed by atoms with Crippen LogP contribution in [0.3, 0.4) is 0 Å². The van der Waals surface area contributed by atoms with Crippen LogP contribution in [0.4, 0.5) is 0 Å². The molecule has 1 aromatic carbocycles. The van der Waals surface area contributed by atoms with E-state index < -0.39 is 5.60 Å². The summed E-state index contributed by atoms with van der Waals surface area (Å²) in [6.45, 7) is 7.32. The standard InChI is InChI=1S/C15H21ClN2O3/c1-9-7-10(5-6-13(19)21-15(2,3)4)12(16)8-11(9)14(17)18-20/h7-8,20H,5-6H2,1-4H3,(H2,17,18). The first-order valence-corrected chi connectivity index (χ1v) is 7.00. The third kappa shape index (κ3) is 5.27. The van der Waals surface area contributed by atoms with Crippen LogP contribution in [0.25, 0.3) is 0 Å². The number of benzene rings is 1. The number of carbonyl (C=O) groups excluding carboxylic acids is 1. The van der Waals surface area contributed by atoms with Gasteiger partial charge in [0.05, 0.1) is 0 Å². The molecule has 0 unspecified atom stereocenters. The lowest BCUT2D eigenvalue weighted by atomic mass is 10.0. The first kappa shape index (κ1) is 17.3. The van der Waals surface area contributed by atoms with Crippen LogP contribution in [0, 0.1) is 6.92 Å². The number of amidine groups is 1. The fourth-order valence-corrected chi connectivity index (χ4v) is 2.15. The average Bonchev–Trinajstić information content (AvgIpc) is 2.36. The van der Waals surface area contributed by atoms with Gasteiger partial charge in [-0.25, -0.2) is 0 Å². The van der Waals surface area contributed by atoms with Crippen LogP contribution in [0.1, 0.15) is 43.9 Å². The number of esters is 1. The fourth-order valence-electron chi connectivity index (χ4n) is 1.89. The molecule has 0 bridgehead atoms. The molecule has 0 fully saturated rings. The van der Waals surface area contributed by atoms with E-state index >= 15 is 0 Å². The minimum Gasteiger partial charge on any atom is -0.460 e. The summed E-state index contributed by atoms with van der Waals surface area (Å²) in [5, 5.41) is 12.2. The molecule has 3 N–H and O–H groups in total. The number of oxime groups is 1. The lowest BCUT2D eigenvalue weighted by molar-refractivity contribution is -0.154. The molecule has 0 atom stereocenters. The predicted molar refractivity (Wildman–Crippen MR) is 82.9 cm³/mol. The molecule has 0 aliphatic rings. The molecule has 0 spiro atoms. The summed E-state index contributed by atoms with van der Waals surface area (Å²) in [7, 11) is 0. The monoisotopic (exact) mass is 312 g/mol. The molecule has 0 aliphatic carbocycles. The summed E-state index contributed by atoms with van der Waals surface area (Å²) < 4.78 is 5.25. The fraction of sp³-hybridized carbons (Fsp3) is 0.467. The van der Waals surface area contributed by atoms with Crippen LogP contribution in [0.2, 0.25) is 5.02 Å². The SMILES string of the molecule is Cc1cc(CCC(=O)OC(C)(C)C)c(Cl)cc1C(N)=NO. The largest absolute Gasteiger partial charge is 0.460 e. The number of nitrogens with zero attached hydrogens (tertiary/aromatic N) is 1. The number of aryl methyl sites for hydroxylation is 2. The van der Waals surface area contributed by atoms with E-state index in [4.69, 9.17) is 27.3 Å². The Labute approximate surface area is 129 Å². The van der Waals surface area contributed by atoms with E-state index in [1.807, 2.05) is 33.8 Å². The average molecular weight is 313 g/mol. The minimum absolute atomic E-state index is 0.00749. The van der Waals surface area contributed by atoms with Gasteiger partial charge < -0.3 is 15.7 Å². The Bertz CT molecular complexity index is 563. The second-order valence-corrected chi connectivity index (χ2v) is 6.24. The zero-order valence-electron chi connectivity index (χ0n) is 12.7. The highest BCUT2D eigenvalue weighted by molar-refractivity contribution is 6.31. The van der Waals surface area contributed by atoms with E-state index in [0.29, 0.717) is 17.0 Å². The third-order valence-electron chi connectivity index (χ3n) is 2.80. The van der Waals surface area contributed by atoms with Gasteiger partial charge in [0.2, 0.25) is 0 Å². The highest BCUT2D eigenvalue weighted by atomic mass is 35.5. The van der Waals surface area contributed by atoms with Gasteiger partial charge >= 0.3 is 5.97 Å². The van der Waals surface area contributed by atoms with Crippen LogP contribution >= 0.6 is 11.6 Å². The minimum atomic E-state index is -0.493. The summed E-state index contributed by atoms with van der Waals surface area (Å²) in [6, 6.07) is 3.47. The quantitative estimate of drug-likeness (QED) is 0.294. The van der Waals surface area contributed by atoms with E-state index in [1.54, 1.807) is 6.07 Å². The van der Waals surface area contributed by atoms with Crippen LogP contribution in [-0.2, 0) is 16.0 Å². The number of hydrogen-bond donors (Lipinski definition) is 2. The molecule has 1 aromatic rings. The predicted octanol–water partition coefficient (Wildman–Crippen LogP) is 3.02. The molecular weight excluding hydrogens is 292 g/mol. The Hall–Kier alpha value is -1.75. The maximum absolute atomic E-state index is 11.7. The van der Waals surface area contributed by atoms with Gasteiger partial charge in [0.1, 0.15) is 5.60 Å². The molecular formula is C15H21ClN2O3. The van der Waals surface area contributed by atoms with Crippen molar-refractivity contribution in [3.8, 4) is 0 Å². The Morgan fingerprint density at radius 3 is 2.57 bits per heavy atom. The number of rotatable bonds is 4. The third-order valence-corrected chi connectivity index (χ3v) is 3.15. The van der Waals surface area contributed by atoms with Crippen LogP contribution in [0.5, 0.6) is 0 Å². The summed E-state index contributed by atoms with van der Waals surface area (Å²) in [5.41, 5.74) is 7.31. The highest BCUT2D eigenvalue weighted by Crippen LogP contribution is 2.23. The topological polar surface area (TPSA) is 84.9 Å². The van der Waals surface area contributed by atoms with Crippen molar-refractivity contribution < 1.29 is 14.7 Å². The van der Waals surface area contributed by atoms with E-state index in [9.17, 15) is 4.79 Å². The van der Waals surface area contributed by atoms with E-state index in [2.05, 4.69) is 5.16 Å². The molecule has 0 aromatic heterocycles. The number of nitrogens with two attached hydrogens (primary N) is 1. The van der Waals surface area contributed by atoms with Crippen LogP contribution in [0.15, 0.2) is 17.3 Å².